The first-order valence-corrected chi connectivity index (χ1v) is 8.84. The van der Waals surface area contributed by atoms with Crippen LogP contribution in [-0.4, -0.2) is 51.2 Å². The van der Waals surface area contributed by atoms with Crippen LogP contribution >= 0.6 is 0 Å². The minimum absolute atomic E-state index is 0.0911. The lowest BCUT2D eigenvalue weighted by molar-refractivity contribution is 0.0697. The summed E-state index contributed by atoms with van der Waals surface area (Å²) >= 11 is 0. The number of oxazole rings is 1. The average molecular weight is 351 g/mol. The van der Waals surface area contributed by atoms with E-state index in [1.807, 2.05) is 48.4 Å². The first-order chi connectivity index (χ1) is 12.8. The Bertz CT molecular complexity index is 880. The van der Waals surface area contributed by atoms with Crippen LogP contribution in [0, 0.1) is 0 Å². The average Bonchev–Trinajstić information content (AvgIpc) is 3.43. The quantitative estimate of drug-likeness (QED) is 0.764. The summed E-state index contributed by atoms with van der Waals surface area (Å²) in [5, 5.41) is 7.64. The number of amides is 1. The Morgan fingerprint density at radius 1 is 1.38 bits per heavy atom. The van der Waals surface area contributed by atoms with Crippen LogP contribution in [0.1, 0.15) is 23.8 Å². The third kappa shape index (κ3) is 3.13. The van der Waals surface area contributed by atoms with Crippen molar-refractivity contribution in [3.8, 4) is 17.1 Å². The third-order valence-corrected chi connectivity index (χ3v) is 4.65. The van der Waals surface area contributed by atoms with Gasteiger partial charge in [-0.05, 0) is 32.0 Å². The first kappa shape index (κ1) is 16.5. The van der Waals surface area contributed by atoms with E-state index in [1.54, 1.807) is 10.9 Å². The maximum absolute atomic E-state index is 12.8. The molecule has 7 nitrogen and oxygen atoms in total. The molecule has 1 N–H and O–H groups in total. The fourth-order valence-electron chi connectivity index (χ4n) is 3.28. The summed E-state index contributed by atoms with van der Waals surface area (Å²) in [4.78, 5) is 19.0. The SMILES string of the molecule is CCN(C(=O)c1coc(-c2cnn(-c3ccccc3)c2)n1)[C@H]1CCNC1. The van der Waals surface area contributed by atoms with E-state index < -0.39 is 0 Å². The Morgan fingerprint density at radius 3 is 2.96 bits per heavy atom. The van der Waals surface area contributed by atoms with Gasteiger partial charge in [-0.15, -0.1) is 0 Å². The van der Waals surface area contributed by atoms with Gasteiger partial charge in [0, 0.05) is 25.3 Å². The van der Waals surface area contributed by atoms with E-state index in [-0.39, 0.29) is 11.9 Å². The fraction of sp³-hybridized carbons (Fsp3) is 0.316. The first-order valence-electron chi connectivity index (χ1n) is 8.84. The summed E-state index contributed by atoms with van der Waals surface area (Å²) in [7, 11) is 0. The minimum atomic E-state index is -0.0911. The van der Waals surface area contributed by atoms with Crippen LogP contribution < -0.4 is 5.32 Å². The predicted octanol–water partition coefficient (Wildman–Crippen LogP) is 2.35. The molecule has 3 aromatic rings. The molecule has 4 rings (SSSR count). The van der Waals surface area contributed by atoms with Crippen molar-refractivity contribution in [2.45, 2.75) is 19.4 Å². The van der Waals surface area contributed by atoms with Gasteiger partial charge in [-0.1, -0.05) is 18.2 Å². The molecule has 2 aromatic heterocycles. The number of likely N-dealkylation sites (N-methyl/N-ethyl adjacent to an activating group) is 1. The topological polar surface area (TPSA) is 76.2 Å². The van der Waals surface area contributed by atoms with Gasteiger partial charge in [0.1, 0.15) is 6.26 Å². The molecule has 0 radical (unpaired) electrons. The number of hydrogen-bond acceptors (Lipinski definition) is 5. The van der Waals surface area contributed by atoms with Crippen molar-refractivity contribution in [3.63, 3.8) is 0 Å². The van der Waals surface area contributed by atoms with Crippen molar-refractivity contribution in [2.24, 2.45) is 0 Å². The van der Waals surface area contributed by atoms with Crippen LogP contribution in [0.3, 0.4) is 0 Å². The van der Waals surface area contributed by atoms with Crippen LogP contribution in [0.2, 0.25) is 0 Å². The van der Waals surface area contributed by atoms with Crippen molar-refractivity contribution in [3.05, 3.63) is 54.7 Å². The Kier molecular flexibility index (Phi) is 4.53. The normalized spacial score (nSPS) is 16.7. The smallest absolute Gasteiger partial charge is 0.276 e. The lowest BCUT2D eigenvalue weighted by Gasteiger charge is -2.26. The lowest BCUT2D eigenvalue weighted by Crippen LogP contribution is -2.41. The van der Waals surface area contributed by atoms with Gasteiger partial charge in [0.2, 0.25) is 5.89 Å². The number of benzene rings is 1. The molecule has 0 saturated carbocycles. The van der Waals surface area contributed by atoms with Crippen molar-refractivity contribution < 1.29 is 9.21 Å². The Morgan fingerprint density at radius 2 is 2.23 bits per heavy atom. The molecule has 1 aliphatic rings. The van der Waals surface area contributed by atoms with Gasteiger partial charge in [-0.25, -0.2) is 9.67 Å². The van der Waals surface area contributed by atoms with Crippen molar-refractivity contribution in [1.82, 2.24) is 25.0 Å². The summed E-state index contributed by atoms with van der Waals surface area (Å²) in [6.07, 6.45) is 5.93. The standard InChI is InChI=1S/C19H21N5O2/c1-2-23(16-8-9-20-11-16)19(25)17-13-26-18(22-17)14-10-21-24(12-14)15-6-4-3-5-7-15/h3-7,10,12-13,16,20H,2,8-9,11H2,1H3/t16-/m0/s1. The molecule has 1 saturated heterocycles. The molecule has 0 aliphatic carbocycles. The number of carbonyl (C=O) groups excluding carboxylic acids is 1. The van der Waals surface area contributed by atoms with E-state index in [2.05, 4.69) is 15.4 Å². The molecule has 134 valence electrons. The molecule has 26 heavy (non-hydrogen) atoms. The summed E-state index contributed by atoms with van der Waals surface area (Å²) in [6, 6.07) is 10.0. The van der Waals surface area contributed by atoms with Crippen molar-refractivity contribution >= 4 is 5.91 Å². The zero-order chi connectivity index (χ0) is 17.9. The molecule has 0 bridgehead atoms. The van der Waals surface area contributed by atoms with E-state index in [1.165, 1.54) is 6.26 Å². The molecule has 1 aromatic carbocycles. The number of nitrogens with one attached hydrogen (secondary N) is 1. The second-order valence-electron chi connectivity index (χ2n) is 6.28. The fourth-order valence-corrected chi connectivity index (χ4v) is 3.28. The highest BCUT2D eigenvalue weighted by molar-refractivity contribution is 5.92. The molecule has 1 amide bonds. The van der Waals surface area contributed by atoms with Crippen molar-refractivity contribution in [2.75, 3.05) is 19.6 Å². The van der Waals surface area contributed by atoms with E-state index in [0.29, 0.717) is 18.1 Å². The highest BCUT2D eigenvalue weighted by atomic mass is 16.3. The molecule has 7 heteroatoms. The number of carbonyl (C=O) groups is 1. The second kappa shape index (κ2) is 7.13. The largest absolute Gasteiger partial charge is 0.444 e. The highest BCUT2D eigenvalue weighted by Gasteiger charge is 2.28. The second-order valence-corrected chi connectivity index (χ2v) is 6.28. The summed E-state index contributed by atoms with van der Waals surface area (Å²) < 4.78 is 7.30. The zero-order valence-electron chi connectivity index (χ0n) is 14.6. The van der Waals surface area contributed by atoms with Gasteiger partial charge in [-0.2, -0.15) is 5.10 Å². The number of para-hydroxylation sites is 1. The molecule has 1 fully saturated rings. The van der Waals surface area contributed by atoms with Crippen LogP contribution in [0.15, 0.2) is 53.4 Å². The van der Waals surface area contributed by atoms with Crippen LogP contribution in [0.5, 0.6) is 0 Å². The maximum Gasteiger partial charge on any atom is 0.276 e. The van der Waals surface area contributed by atoms with E-state index in [4.69, 9.17) is 4.42 Å². The Hall–Kier alpha value is -2.93. The number of hydrogen-bond donors (Lipinski definition) is 1. The Labute approximate surface area is 151 Å². The summed E-state index contributed by atoms with van der Waals surface area (Å²) in [5.41, 5.74) is 2.02. The third-order valence-electron chi connectivity index (χ3n) is 4.65. The van der Waals surface area contributed by atoms with Gasteiger partial charge in [0.15, 0.2) is 5.69 Å². The summed E-state index contributed by atoms with van der Waals surface area (Å²) in [6.45, 7) is 4.41. The molecule has 1 aliphatic heterocycles. The molecule has 0 spiro atoms. The molecule has 3 heterocycles. The number of aromatic nitrogens is 3. The van der Waals surface area contributed by atoms with Gasteiger partial charge in [0.25, 0.3) is 5.91 Å². The van der Waals surface area contributed by atoms with Gasteiger partial charge in [0.05, 0.1) is 17.4 Å². The minimum Gasteiger partial charge on any atom is -0.444 e. The molecule has 0 unspecified atom stereocenters. The number of rotatable bonds is 5. The monoisotopic (exact) mass is 351 g/mol. The van der Waals surface area contributed by atoms with Crippen molar-refractivity contribution in [1.29, 1.82) is 0 Å². The highest BCUT2D eigenvalue weighted by Crippen LogP contribution is 2.21. The van der Waals surface area contributed by atoms with Gasteiger partial charge < -0.3 is 14.6 Å². The van der Waals surface area contributed by atoms with Crippen LogP contribution in [-0.2, 0) is 0 Å². The Balaban J connectivity index is 1.54. The lowest BCUT2D eigenvalue weighted by atomic mass is 10.2. The van der Waals surface area contributed by atoms with E-state index >= 15 is 0 Å². The molecule has 1 atom stereocenters. The predicted molar refractivity (Wildman–Crippen MR) is 97.0 cm³/mol. The molecular weight excluding hydrogens is 330 g/mol. The van der Waals surface area contributed by atoms with Gasteiger partial charge in [-0.3, -0.25) is 4.79 Å². The zero-order valence-corrected chi connectivity index (χ0v) is 14.6. The van der Waals surface area contributed by atoms with Crippen LogP contribution in [0.4, 0.5) is 0 Å². The van der Waals surface area contributed by atoms with Crippen LogP contribution in [0.25, 0.3) is 17.1 Å². The maximum atomic E-state index is 12.8. The summed E-state index contributed by atoms with van der Waals surface area (Å²) in [5.74, 6) is 0.308. The number of nitrogens with zero attached hydrogens (tertiary/aromatic N) is 4. The van der Waals surface area contributed by atoms with Gasteiger partial charge >= 0.3 is 0 Å². The molecular formula is C19H21N5O2. The van der Waals surface area contributed by atoms with E-state index in [0.717, 1.165) is 30.8 Å². The van der Waals surface area contributed by atoms with E-state index in [9.17, 15) is 4.79 Å².